The zero-order valence-corrected chi connectivity index (χ0v) is 11.5. The van der Waals surface area contributed by atoms with Crippen molar-refractivity contribution in [3.8, 4) is 11.1 Å². The molecule has 0 amide bonds. The number of hydrogen-bond acceptors (Lipinski definition) is 0. The fourth-order valence-corrected chi connectivity index (χ4v) is 3.52. The van der Waals surface area contributed by atoms with E-state index < -0.39 is 0 Å². The minimum Gasteiger partial charge on any atom is -0.0616 e. The van der Waals surface area contributed by atoms with Gasteiger partial charge in [0.25, 0.3) is 0 Å². The zero-order valence-electron chi connectivity index (χ0n) is 11.5. The molecule has 0 saturated heterocycles. The van der Waals surface area contributed by atoms with Gasteiger partial charge in [-0.15, -0.1) is 0 Å². The minimum absolute atomic E-state index is 1.31. The molecule has 0 nitrogen and oxygen atoms in total. The molecule has 21 heavy (non-hydrogen) atoms. The Hall–Kier alpha value is -2.60. The number of rotatable bonds is 0. The van der Waals surface area contributed by atoms with Gasteiger partial charge in [0.1, 0.15) is 0 Å². The van der Waals surface area contributed by atoms with Crippen LogP contribution >= 0.6 is 0 Å². The van der Waals surface area contributed by atoms with Gasteiger partial charge in [0, 0.05) is 6.42 Å². The van der Waals surface area contributed by atoms with E-state index in [1.807, 2.05) is 0 Å². The molecule has 0 aliphatic heterocycles. The van der Waals surface area contributed by atoms with Gasteiger partial charge in [-0.3, -0.25) is 0 Å². The van der Waals surface area contributed by atoms with Crippen molar-refractivity contribution in [2.45, 2.75) is 0 Å². The highest BCUT2D eigenvalue weighted by atomic mass is 14.2. The molecule has 4 aromatic rings. The van der Waals surface area contributed by atoms with Crippen LogP contribution < -0.4 is 0 Å². The molecule has 0 fully saturated rings. The standard InChI is InChI=1S/C21H13/c1-3-7-16-14(5-1)9-11-18-19-12-10-15-6-2-4-8-17(15)21(19)13-20(16)18/h1-13H. The lowest BCUT2D eigenvalue weighted by atomic mass is 9.99. The van der Waals surface area contributed by atoms with Crippen LogP contribution in [0.2, 0.25) is 0 Å². The summed E-state index contributed by atoms with van der Waals surface area (Å²) < 4.78 is 0. The van der Waals surface area contributed by atoms with Gasteiger partial charge >= 0.3 is 0 Å². The molecule has 0 atom stereocenters. The van der Waals surface area contributed by atoms with Crippen molar-refractivity contribution in [2.75, 3.05) is 0 Å². The van der Waals surface area contributed by atoms with Gasteiger partial charge in [-0.05, 0) is 43.8 Å². The first-order valence-electron chi connectivity index (χ1n) is 7.30. The van der Waals surface area contributed by atoms with Crippen LogP contribution in [0.1, 0.15) is 11.1 Å². The van der Waals surface area contributed by atoms with Gasteiger partial charge < -0.3 is 0 Å². The third-order valence-corrected chi connectivity index (χ3v) is 4.52. The van der Waals surface area contributed by atoms with Crippen molar-refractivity contribution < 1.29 is 0 Å². The van der Waals surface area contributed by atoms with Crippen LogP contribution in [0.3, 0.4) is 0 Å². The maximum absolute atomic E-state index is 2.36. The van der Waals surface area contributed by atoms with Crippen LogP contribution in [0.25, 0.3) is 32.7 Å². The normalized spacial score (nSPS) is 12.6. The second kappa shape index (κ2) is 3.95. The molecule has 0 bridgehead atoms. The largest absolute Gasteiger partial charge is 0.0616 e. The molecule has 1 aliphatic carbocycles. The fourth-order valence-electron chi connectivity index (χ4n) is 3.52. The average molecular weight is 265 g/mol. The molecular weight excluding hydrogens is 252 g/mol. The highest BCUT2D eigenvalue weighted by Crippen LogP contribution is 2.44. The summed E-state index contributed by atoms with van der Waals surface area (Å²) in [5, 5.41) is 5.31. The topological polar surface area (TPSA) is 0 Å². The molecule has 0 unspecified atom stereocenters. The van der Waals surface area contributed by atoms with Gasteiger partial charge in [-0.2, -0.15) is 0 Å². The van der Waals surface area contributed by atoms with E-state index in [1.54, 1.807) is 0 Å². The van der Waals surface area contributed by atoms with Crippen molar-refractivity contribution in [3.05, 3.63) is 90.3 Å². The Morgan fingerprint density at radius 1 is 0.429 bits per heavy atom. The van der Waals surface area contributed by atoms with Crippen molar-refractivity contribution >= 4 is 21.5 Å². The average Bonchev–Trinajstić information content (AvgIpc) is 2.94. The predicted molar refractivity (Wildman–Crippen MR) is 89.4 cm³/mol. The molecule has 4 aromatic carbocycles. The number of hydrogen-bond donors (Lipinski definition) is 0. The summed E-state index contributed by atoms with van der Waals surface area (Å²) >= 11 is 0. The summed E-state index contributed by atoms with van der Waals surface area (Å²) in [6.07, 6.45) is 2.36. The van der Waals surface area contributed by atoms with E-state index in [9.17, 15) is 0 Å². The van der Waals surface area contributed by atoms with Crippen molar-refractivity contribution in [2.24, 2.45) is 0 Å². The van der Waals surface area contributed by atoms with Crippen LogP contribution in [0.15, 0.2) is 72.8 Å². The second-order valence-corrected chi connectivity index (χ2v) is 5.64. The quantitative estimate of drug-likeness (QED) is 0.343. The third-order valence-electron chi connectivity index (χ3n) is 4.52. The third kappa shape index (κ3) is 1.45. The molecule has 0 spiro atoms. The van der Waals surface area contributed by atoms with E-state index in [0.29, 0.717) is 0 Å². The van der Waals surface area contributed by atoms with Gasteiger partial charge in [0.2, 0.25) is 0 Å². The van der Waals surface area contributed by atoms with Gasteiger partial charge in [0.05, 0.1) is 0 Å². The van der Waals surface area contributed by atoms with Crippen LogP contribution in [0.5, 0.6) is 0 Å². The molecule has 97 valence electrons. The SMILES string of the molecule is [CH]1c2c(ccc3ccccc23)-c2ccc3ccccc3c21. The summed E-state index contributed by atoms with van der Waals surface area (Å²) in [4.78, 5) is 0. The molecule has 1 aliphatic rings. The summed E-state index contributed by atoms with van der Waals surface area (Å²) in [5.74, 6) is 0. The van der Waals surface area contributed by atoms with E-state index in [2.05, 4.69) is 79.2 Å². The monoisotopic (exact) mass is 265 g/mol. The van der Waals surface area contributed by atoms with E-state index in [1.165, 1.54) is 43.8 Å². The Morgan fingerprint density at radius 2 is 0.905 bits per heavy atom. The lowest BCUT2D eigenvalue weighted by Crippen LogP contribution is -1.82. The highest BCUT2D eigenvalue weighted by molar-refractivity contribution is 6.03. The van der Waals surface area contributed by atoms with E-state index in [-0.39, 0.29) is 0 Å². The molecule has 0 saturated carbocycles. The van der Waals surface area contributed by atoms with Crippen LogP contribution in [0, 0.1) is 6.42 Å². The van der Waals surface area contributed by atoms with E-state index in [4.69, 9.17) is 0 Å². The number of fused-ring (bicyclic) bond motifs is 7. The summed E-state index contributed by atoms with van der Waals surface area (Å²) in [7, 11) is 0. The first-order chi connectivity index (χ1) is 10.4. The molecule has 0 N–H and O–H groups in total. The molecule has 0 heteroatoms. The van der Waals surface area contributed by atoms with Gasteiger partial charge in [0.15, 0.2) is 0 Å². The molecule has 0 aromatic heterocycles. The lowest BCUT2D eigenvalue weighted by Gasteiger charge is -2.05. The summed E-state index contributed by atoms with van der Waals surface area (Å²) in [6, 6.07) is 26.2. The maximum Gasteiger partial charge on any atom is 0.0224 e. The Bertz CT molecular complexity index is 926. The molecule has 5 rings (SSSR count). The van der Waals surface area contributed by atoms with Crippen LogP contribution in [-0.2, 0) is 0 Å². The number of benzene rings is 4. The van der Waals surface area contributed by atoms with E-state index in [0.717, 1.165) is 0 Å². The van der Waals surface area contributed by atoms with Gasteiger partial charge in [-0.1, -0.05) is 72.8 Å². The molecule has 1 radical (unpaired) electrons. The zero-order chi connectivity index (χ0) is 13.8. The Balaban J connectivity index is 1.89. The van der Waals surface area contributed by atoms with Gasteiger partial charge in [-0.25, -0.2) is 0 Å². The van der Waals surface area contributed by atoms with E-state index >= 15 is 0 Å². The lowest BCUT2D eigenvalue weighted by molar-refractivity contribution is 1.61. The predicted octanol–water partition coefficient (Wildman–Crippen LogP) is 5.57. The molecule has 0 heterocycles. The smallest absolute Gasteiger partial charge is 0.0224 e. The first-order valence-corrected chi connectivity index (χ1v) is 7.30. The van der Waals surface area contributed by atoms with Crippen molar-refractivity contribution in [3.63, 3.8) is 0 Å². The summed E-state index contributed by atoms with van der Waals surface area (Å²) in [6.45, 7) is 0. The van der Waals surface area contributed by atoms with Crippen molar-refractivity contribution in [1.29, 1.82) is 0 Å². The Kier molecular flexibility index (Phi) is 2.09. The van der Waals surface area contributed by atoms with Crippen LogP contribution in [0.4, 0.5) is 0 Å². The Morgan fingerprint density at radius 3 is 1.43 bits per heavy atom. The van der Waals surface area contributed by atoms with Crippen molar-refractivity contribution in [1.82, 2.24) is 0 Å². The maximum atomic E-state index is 2.36. The Labute approximate surface area is 123 Å². The first kappa shape index (κ1) is 11.1. The highest BCUT2D eigenvalue weighted by Gasteiger charge is 2.22. The molecular formula is C21H13. The fraction of sp³-hybridized carbons (Fsp3) is 0. The minimum atomic E-state index is 1.31. The summed E-state index contributed by atoms with van der Waals surface area (Å²) in [5.41, 5.74) is 5.43. The van der Waals surface area contributed by atoms with Crippen LogP contribution in [-0.4, -0.2) is 0 Å². The second-order valence-electron chi connectivity index (χ2n) is 5.64.